The number of aryl methyl sites for hydroxylation is 1. The maximum atomic E-state index is 12.2. The van der Waals surface area contributed by atoms with Gasteiger partial charge in [0.2, 0.25) is 5.82 Å². The van der Waals surface area contributed by atoms with Gasteiger partial charge in [0.1, 0.15) is 6.54 Å². The summed E-state index contributed by atoms with van der Waals surface area (Å²) >= 11 is 1.51. The fraction of sp³-hybridized carbons (Fsp3) is 0.167. The number of thiophene rings is 1. The number of rotatable bonds is 5. The molecule has 0 spiro atoms. The smallest absolute Gasteiger partial charge is 0.326 e. The molecule has 6 nitrogen and oxygen atoms in total. The Morgan fingerprint density at radius 2 is 2.16 bits per heavy atom. The number of fused-ring (bicyclic) bond motifs is 1. The van der Waals surface area contributed by atoms with Gasteiger partial charge in [0.05, 0.1) is 4.88 Å². The molecule has 0 aliphatic heterocycles. The topological polar surface area (TPSA) is 70.2 Å². The van der Waals surface area contributed by atoms with Crippen LogP contribution in [-0.4, -0.2) is 20.7 Å². The van der Waals surface area contributed by atoms with Crippen LogP contribution < -0.4 is 0 Å². The summed E-state index contributed by atoms with van der Waals surface area (Å²) in [4.78, 5) is 17.3. The first-order valence-electron chi connectivity index (χ1n) is 7.77. The molecule has 3 aromatic heterocycles. The van der Waals surface area contributed by atoms with Gasteiger partial charge in [-0.3, -0.25) is 4.79 Å². The number of benzene rings is 1. The SMILES string of the molecule is Cc1cc2ccccc2n1CC(=O)OCc1noc(-c2cccs2)n1. The number of carbonyl (C=O) groups excluding carboxylic acids is 1. The summed E-state index contributed by atoms with van der Waals surface area (Å²) in [6.45, 7) is 2.11. The Morgan fingerprint density at radius 3 is 3.00 bits per heavy atom. The summed E-state index contributed by atoms with van der Waals surface area (Å²) < 4.78 is 12.4. The lowest BCUT2D eigenvalue weighted by Crippen LogP contribution is -2.14. The normalized spacial score (nSPS) is 11.1. The van der Waals surface area contributed by atoms with Crippen molar-refractivity contribution < 1.29 is 14.1 Å². The van der Waals surface area contributed by atoms with Crippen molar-refractivity contribution in [3.63, 3.8) is 0 Å². The molecule has 0 radical (unpaired) electrons. The highest BCUT2D eigenvalue weighted by Gasteiger charge is 2.13. The monoisotopic (exact) mass is 353 g/mol. The third kappa shape index (κ3) is 3.18. The van der Waals surface area contributed by atoms with E-state index in [9.17, 15) is 4.79 Å². The van der Waals surface area contributed by atoms with Crippen LogP contribution in [0.5, 0.6) is 0 Å². The van der Waals surface area contributed by atoms with Crippen LogP contribution in [0.2, 0.25) is 0 Å². The predicted molar refractivity (Wildman–Crippen MR) is 94.1 cm³/mol. The van der Waals surface area contributed by atoms with Crippen molar-refractivity contribution >= 4 is 28.2 Å². The molecular weight excluding hydrogens is 338 g/mol. The first kappa shape index (κ1) is 15.6. The van der Waals surface area contributed by atoms with Crippen molar-refractivity contribution in [1.29, 1.82) is 0 Å². The molecule has 0 atom stereocenters. The van der Waals surface area contributed by atoms with Crippen LogP contribution in [0.15, 0.2) is 52.4 Å². The third-order valence-electron chi connectivity index (χ3n) is 3.87. The quantitative estimate of drug-likeness (QED) is 0.510. The minimum absolute atomic E-state index is 0.00798. The molecule has 0 saturated heterocycles. The van der Waals surface area contributed by atoms with E-state index in [-0.39, 0.29) is 19.1 Å². The fourth-order valence-electron chi connectivity index (χ4n) is 2.69. The molecule has 0 saturated carbocycles. The van der Waals surface area contributed by atoms with E-state index in [1.165, 1.54) is 11.3 Å². The van der Waals surface area contributed by atoms with Gasteiger partial charge in [-0.2, -0.15) is 4.98 Å². The van der Waals surface area contributed by atoms with Crippen molar-refractivity contribution in [3.8, 4) is 10.8 Å². The Bertz CT molecular complexity index is 1020. The average Bonchev–Trinajstić information content (AvgIpc) is 3.33. The maximum Gasteiger partial charge on any atom is 0.326 e. The van der Waals surface area contributed by atoms with E-state index >= 15 is 0 Å². The van der Waals surface area contributed by atoms with Gasteiger partial charge in [0.15, 0.2) is 6.61 Å². The summed E-state index contributed by atoms with van der Waals surface area (Å²) in [5, 5.41) is 6.88. The number of carbonyl (C=O) groups is 1. The molecule has 0 N–H and O–H groups in total. The molecule has 4 aromatic rings. The van der Waals surface area contributed by atoms with Gasteiger partial charge in [0.25, 0.3) is 5.89 Å². The van der Waals surface area contributed by atoms with Crippen LogP contribution in [0.1, 0.15) is 11.5 Å². The van der Waals surface area contributed by atoms with Crippen LogP contribution >= 0.6 is 11.3 Å². The lowest BCUT2D eigenvalue weighted by molar-refractivity contribution is -0.145. The zero-order valence-electron chi connectivity index (χ0n) is 13.5. The molecular formula is C18H15N3O3S. The predicted octanol–water partition coefficient (Wildman–Crippen LogP) is 3.80. The Morgan fingerprint density at radius 1 is 1.28 bits per heavy atom. The van der Waals surface area contributed by atoms with E-state index < -0.39 is 0 Å². The highest BCUT2D eigenvalue weighted by molar-refractivity contribution is 7.13. The summed E-state index contributed by atoms with van der Waals surface area (Å²) in [6, 6.07) is 13.8. The number of hydrogen-bond donors (Lipinski definition) is 0. The number of hydrogen-bond acceptors (Lipinski definition) is 6. The van der Waals surface area contributed by atoms with Crippen molar-refractivity contribution in [1.82, 2.24) is 14.7 Å². The zero-order valence-corrected chi connectivity index (χ0v) is 14.3. The molecule has 4 rings (SSSR count). The Kier molecular flexibility index (Phi) is 4.07. The van der Waals surface area contributed by atoms with Gasteiger partial charge in [-0.15, -0.1) is 11.3 Å². The van der Waals surface area contributed by atoms with Crippen LogP contribution in [-0.2, 0) is 22.7 Å². The number of ether oxygens (including phenoxy) is 1. The number of esters is 1. The van der Waals surface area contributed by atoms with E-state index in [0.29, 0.717) is 11.7 Å². The first-order valence-corrected chi connectivity index (χ1v) is 8.65. The van der Waals surface area contributed by atoms with E-state index in [4.69, 9.17) is 9.26 Å². The minimum atomic E-state index is -0.341. The largest absolute Gasteiger partial charge is 0.456 e. The van der Waals surface area contributed by atoms with Crippen molar-refractivity contribution in [2.75, 3.05) is 0 Å². The third-order valence-corrected chi connectivity index (χ3v) is 4.73. The lowest BCUT2D eigenvalue weighted by Gasteiger charge is -2.07. The van der Waals surface area contributed by atoms with E-state index in [1.807, 2.05) is 53.3 Å². The summed E-state index contributed by atoms with van der Waals surface area (Å²) in [7, 11) is 0. The van der Waals surface area contributed by atoms with Crippen LogP contribution in [0.25, 0.3) is 21.7 Å². The van der Waals surface area contributed by atoms with Gasteiger partial charge in [-0.1, -0.05) is 29.4 Å². The summed E-state index contributed by atoms with van der Waals surface area (Å²) in [6.07, 6.45) is 0. The molecule has 0 aliphatic carbocycles. The Labute approximate surface area is 147 Å². The molecule has 7 heteroatoms. The lowest BCUT2D eigenvalue weighted by atomic mass is 10.2. The number of nitrogens with zero attached hydrogens (tertiary/aromatic N) is 3. The van der Waals surface area contributed by atoms with Crippen LogP contribution in [0.3, 0.4) is 0 Å². The highest BCUT2D eigenvalue weighted by Crippen LogP contribution is 2.22. The average molecular weight is 353 g/mol. The highest BCUT2D eigenvalue weighted by atomic mass is 32.1. The molecule has 3 heterocycles. The molecule has 0 amide bonds. The second-order valence-corrected chi connectivity index (χ2v) is 6.53. The van der Waals surface area contributed by atoms with Gasteiger partial charge < -0.3 is 13.8 Å². The Balaban J connectivity index is 1.42. The van der Waals surface area contributed by atoms with Gasteiger partial charge >= 0.3 is 5.97 Å². The van der Waals surface area contributed by atoms with E-state index in [1.54, 1.807) is 0 Å². The standard InChI is InChI=1S/C18H15N3O3S/c1-12-9-13-5-2-3-6-14(13)21(12)10-17(22)23-11-16-19-18(24-20-16)15-7-4-8-25-15/h2-9H,10-11H2,1H3. The number of para-hydroxylation sites is 1. The summed E-state index contributed by atoms with van der Waals surface area (Å²) in [5.41, 5.74) is 2.02. The van der Waals surface area contributed by atoms with Gasteiger partial charge in [0, 0.05) is 11.2 Å². The molecule has 0 fully saturated rings. The molecule has 0 bridgehead atoms. The van der Waals surface area contributed by atoms with Crippen molar-refractivity contribution in [2.24, 2.45) is 0 Å². The summed E-state index contributed by atoms with van der Waals surface area (Å²) in [5.74, 6) is 0.450. The molecule has 0 aliphatic rings. The molecule has 25 heavy (non-hydrogen) atoms. The fourth-order valence-corrected chi connectivity index (χ4v) is 3.34. The second kappa shape index (κ2) is 6.52. The Hall–Kier alpha value is -2.93. The molecule has 1 aromatic carbocycles. The molecule has 0 unspecified atom stereocenters. The van der Waals surface area contributed by atoms with E-state index in [2.05, 4.69) is 16.2 Å². The number of aromatic nitrogens is 3. The molecule has 126 valence electrons. The van der Waals surface area contributed by atoms with Crippen molar-refractivity contribution in [2.45, 2.75) is 20.1 Å². The minimum Gasteiger partial charge on any atom is -0.456 e. The van der Waals surface area contributed by atoms with Crippen molar-refractivity contribution in [3.05, 3.63) is 59.4 Å². The van der Waals surface area contributed by atoms with Crippen LogP contribution in [0, 0.1) is 6.92 Å². The second-order valence-electron chi connectivity index (χ2n) is 5.58. The zero-order chi connectivity index (χ0) is 17.2. The first-order chi connectivity index (χ1) is 12.2. The van der Waals surface area contributed by atoms with E-state index in [0.717, 1.165) is 21.5 Å². The van der Waals surface area contributed by atoms with Gasteiger partial charge in [-0.25, -0.2) is 0 Å². The maximum absolute atomic E-state index is 12.2. The van der Waals surface area contributed by atoms with Gasteiger partial charge in [-0.05, 0) is 35.9 Å². The van der Waals surface area contributed by atoms with Crippen LogP contribution in [0.4, 0.5) is 0 Å².